The van der Waals surface area contributed by atoms with Crippen molar-refractivity contribution >= 4 is 11.4 Å². The molecule has 0 spiro atoms. The van der Waals surface area contributed by atoms with E-state index in [1.165, 1.54) is 16.9 Å². The minimum Gasteiger partial charge on any atom is -0.380 e. The molecule has 2 aliphatic heterocycles. The Hall–Kier alpha value is -1.22. The van der Waals surface area contributed by atoms with Gasteiger partial charge in [-0.1, -0.05) is 6.07 Å². The predicted molar refractivity (Wildman–Crippen MR) is 66.3 cm³/mol. The fourth-order valence-corrected chi connectivity index (χ4v) is 2.60. The van der Waals surface area contributed by atoms with Gasteiger partial charge in [0.25, 0.3) is 0 Å². The average molecular weight is 218 g/mol. The number of rotatable bonds is 2. The monoisotopic (exact) mass is 218 g/mol. The number of nitrogens with zero attached hydrogens (tertiary/aromatic N) is 1. The lowest BCUT2D eigenvalue weighted by Gasteiger charge is -2.17. The van der Waals surface area contributed by atoms with Gasteiger partial charge >= 0.3 is 0 Å². The van der Waals surface area contributed by atoms with Crippen molar-refractivity contribution in [2.75, 3.05) is 37.0 Å². The molecule has 0 aromatic heterocycles. The summed E-state index contributed by atoms with van der Waals surface area (Å²) in [6, 6.07) is 7.03. The highest BCUT2D eigenvalue weighted by Crippen LogP contribution is 2.33. The van der Waals surface area contributed by atoms with Crippen molar-refractivity contribution in [1.82, 2.24) is 0 Å². The van der Waals surface area contributed by atoms with E-state index in [1.807, 2.05) is 0 Å². The fraction of sp³-hybridized carbons (Fsp3) is 0.538. The Balaban J connectivity index is 1.84. The van der Waals surface area contributed by atoms with E-state index in [0.717, 1.165) is 32.6 Å². The summed E-state index contributed by atoms with van der Waals surface area (Å²) < 4.78 is 5.40. The van der Waals surface area contributed by atoms with Crippen molar-refractivity contribution in [2.45, 2.75) is 18.9 Å². The van der Waals surface area contributed by atoms with Crippen LogP contribution in [0.15, 0.2) is 18.2 Å². The Morgan fingerprint density at radius 3 is 3.19 bits per heavy atom. The zero-order valence-electron chi connectivity index (χ0n) is 9.70. The standard InChI is InChI=1S/C13H18N2O/c1-15-7-5-11-12(3-2-4-13(11)15)14-10-6-8-16-9-10/h2-4,10,14H,5-9H2,1H3. The summed E-state index contributed by atoms with van der Waals surface area (Å²) in [5.41, 5.74) is 4.15. The SMILES string of the molecule is CN1CCc2c(NC3CCOC3)cccc21. The van der Waals surface area contributed by atoms with Crippen molar-refractivity contribution in [3.8, 4) is 0 Å². The second kappa shape index (κ2) is 3.98. The van der Waals surface area contributed by atoms with Crippen LogP contribution < -0.4 is 10.2 Å². The first-order valence-corrected chi connectivity index (χ1v) is 6.02. The van der Waals surface area contributed by atoms with Crippen LogP contribution in [0.4, 0.5) is 11.4 Å². The molecule has 16 heavy (non-hydrogen) atoms. The minimum atomic E-state index is 0.498. The Morgan fingerprint density at radius 2 is 2.38 bits per heavy atom. The molecule has 3 rings (SSSR count). The molecule has 86 valence electrons. The number of hydrogen-bond donors (Lipinski definition) is 1. The Kier molecular flexibility index (Phi) is 2.48. The molecule has 2 heterocycles. The van der Waals surface area contributed by atoms with Crippen molar-refractivity contribution in [3.05, 3.63) is 23.8 Å². The number of hydrogen-bond acceptors (Lipinski definition) is 3. The number of nitrogens with one attached hydrogen (secondary N) is 1. The lowest BCUT2D eigenvalue weighted by atomic mass is 10.1. The van der Waals surface area contributed by atoms with Crippen LogP contribution in [0.1, 0.15) is 12.0 Å². The van der Waals surface area contributed by atoms with Gasteiger partial charge in [0.1, 0.15) is 0 Å². The fourth-order valence-electron chi connectivity index (χ4n) is 2.60. The quantitative estimate of drug-likeness (QED) is 0.820. The first-order valence-electron chi connectivity index (χ1n) is 6.02. The number of ether oxygens (including phenoxy) is 1. The molecule has 1 atom stereocenters. The highest BCUT2D eigenvalue weighted by molar-refractivity contribution is 5.69. The predicted octanol–water partition coefficient (Wildman–Crippen LogP) is 1.88. The van der Waals surface area contributed by atoms with E-state index in [4.69, 9.17) is 4.74 Å². The van der Waals surface area contributed by atoms with Crippen LogP contribution in [0.2, 0.25) is 0 Å². The number of fused-ring (bicyclic) bond motifs is 1. The highest BCUT2D eigenvalue weighted by atomic mass is 16.5. The first kappa shape index (κ1) is 9.97. The third kappa shape index (κ3) is 1.65. The van der Waals surface area contributed by atoms with Crippen LogP contribution in [0, 0.1) is 0 Å². The van der Waals surface area contributed by atoms with E-state index < -0.39 is 0 Å². The zero-order valence-corrected chi connectivity index (χ0v) is 9.70. The third-order valence-corrected chi connectivity index (χ3v) is 3.55. The van der Waals surface area contributed by atoms with Gasteiger partial charge in [-0.15, -0.1) is 0 Å². The molecule has 0 saturated carbocycles. The first-order chi connectivity index (χ1) is 7.84. The van der Waals surface area contributed by atoms with Crippen molar-refractivity contribution in [3.63, 3.8) is 0 Å². The molecule has 2 aliphatic rings. The molecule has 1 saturated heterocycles. The largest absolute Gasteiger partial charge is 0.380 e. The molecule has 3 heteroatoms. The average Bonchev–Trinajstić information content (AvgIpc) is 2.90. The van der Waals surface area contributed by atoms with Gasteiger partial charge in [-0.05, 0) is 25.0 Å². The summed E-state index contributed by atoms with van der Waals surface area (Å²) in [4.78, 5) is 2.33. The minimum absolute atomic E-state index is 0.498. The molecule has 0 radical (unpaired) electrons. The topological polar surface area (TPSA) is 24.5 Å². The second-order valence-electron chi connectivity index (χ2n) is 4.68. The molecule has 1 unspecified atom stereocenters. The van der Waals surface area contributed by atoms with Crippen molar-refractivity contribution < 1.29 is 4.74 Å². The summed E-state index contributed by atoms with van der Waals surface area (Å²) in [5, 5.41) is 3.61. The summed E-state index contributed by atoms with van der Waals surface area (Å²) in [6.07, 6.45) is 2.28. The maximum absolute atomic E-state index is 5.40. The number of likely N-dealkylation sites (N-methyl/N-ethyl adjacent to an activating group) is 1. The van der Waals surface area contributed by atoms with Gasteiger partial charge in [-0.2, -0.15) is 0 Å². The highest BCUT2D eigenvalue weighted by Gasteiger charge is 2.21. The van der Waals surface area contributed by atoms with Crippen LogP contribution in [0.5, 0.6) is 0 Å². The van der Waals surface area contributed by atoms with Gasteiger partial charge in [0.15, 0.2) is 0 Å². The van der Waals surface area contributed by atoms with Gasteiger partial charge in [-0.3, -0.25) is 0 Å². The van der Waals surface area contributed by atoms with E-state index >= 15 is 0 Å². The molecule has 1 aromatic carbocycles. The molecular formula is C13H18N2O. The smallest absolute Gasteiger partial charge is 0.0668 e. The lowest BCUT2D eigenvalue weighted by molar-refractivity contribution is 0.195. The number of anilines is 2. The molecule has 1 N–H and O–H groups in total. The third-order valence-electron chi connectivity index (χ3n) is 3.55. The molecule has 1 fully saturated rings. The molecule has 0 bridgehead atoms. The van der Waals surface area contributed by atoms with Crippen LogP contribution in [0.25, 0.3) is 0 Å². The van der Waals surface area contributed by atoms with Gasteiger partial charge < -0.3 is 15.0 Å². The van der Waals surface area contributed by atoms with E-state index in [9.17, 15) is 0 Å². The van der Waals surface area contributed by atoms with Gasteiger partial charge in [0, 0.05) is 37.1 Å². The van der Waals surface area contributed by atoms with Crippen molar-refractivity contribution in [2.24, 2.45) is 0 Å². The van der Waals surface area contributed by atoms with Gasteiger partial charge in [0.05, 0.1) is 12.6 Å². The molecule has 3 nitrogen and oxygen atoms in total. The zero-order chi connectivity index (χ0) is 11.0. The normalized spacial score (nSPS) is 23.6. The van der Waals surface area contributed by atoms with Crippen molar-refractivity contribution in [1.29, 1.82) is 0 Å². The maximum atomic E-state index is 5.40. The summed E-state index contributed by atoms with van der Waals surface area (Å²) in [5.74, 6) is 0. The van der Waals surface area contributed by atoms with Crippen LogP contribution in [-0.2, 0) is 11.2 Å². The van der Waals surface area contributed by atoms with E-state index in [0.29, 0.717) is 6.04 Å². The van der Waals surface area contributed by atoms with E-state index in [2.05, 4.69) is 35.5 Å². The lowest BCUT2D eigenvalue weighted by Crippen LogP contribution is -2.19. The van der Waals surface area contributed by atoms with Gasteiger partial charge in [0.2, 0.25) is 0 Å². The van der Waals surface area contributed by atoms with E-state index in [-0.39, 0.29) is 0 Å². The molecule has 1 aromatic rings. The number of benzene rings is 1. The van der Waals surface area contributed by atoms with Crippen LogP contribution in [-0.4, -0.2) is 32.8 Å². The maximum Gasteiger partial charge on any atom is 0.0668 e. The summed E-state index contributed by atoms with van der Waals surface area (Å²) in [7, 11) is 2.16. The summed E-state index contributed by atoms with van der Waals surface area (Å²) in [6.45, 7) is 2.88. The van der Waals surface area contributed by atoms with Crippen LogP contribution >= 0.6 is 0 Å². The Bertz CT molecular complexity index is 386. The van der Waals surface area contributed by atoms with Gasteiger partial charge in [-0.25, -0.2) is 0 Å². The molecule has 0 amide bonds. The summed E-state index contributed by atoms with van der Waals surface area (Å²) >= 11 is 0. The Morgan fingerprint density at radius 1 is 1.44 bits per heavy atom. The second-order valence-corrected chi connectivity index (χ2v) is 4.68. The van der Waals surface area contributed by atoms with Crippen LogP contribution in [0.3, 0.4) is 0 Å². The molecule has 0 aliphatic carbocycles. The van der Waals surface area contributed by atoms with E-state index in [1.54, 1.807) is 0 Å². The Labute approximate surface area is 96.4 Å². The molecular weight excluding hydrogens is 200 g/mol.